The first kappa shape index (κ1) is 15.0. The molecule has 1 heterocycles. The van der Waals surface area contributed by atoms with E-state index in [-0.39, 0.29) is 12.1 Å². The van der Waals surface area contributed by atoms with Crippen LogP contribution in [-0.4, -0.2) is 31.2 Å². The van der Waals surface area contributed by atoms with Crippen molar-refractivity contribution in [3.8, 4) is 0 Å². The van der Waals surface area contributed by atoms with Crippen LogP contribution in [0.5, 0.6) is 0 Å². The van der Waals surface area contributed by atoms with Gasteiger partial charge in [0.05, 0.1) is 12.2 Å². The van der Waals surface area contributed by atoms with Gasteiger partial charge in [0.25, 0.3) is 0 Å². The quantitative estimate of drug-likeness (QED) is 0.908. The van der Waals surface area contributed by atoms with Gasteiger partial charge >= 0.3 is 6.03 Å². The number of nitrogens with one attached hydrogen (secondary N) is 2. The molecule has 1 aromatic heterocycles. The Morgan fingerprint density at radius 1 is 1.21 bits per heavy atom. The van der Waals surface area contributed by atoms with Crippen molar-refractivity contribution in [1.29, 1.82) is 0 Å². The van der Waals surface area contributed by atoms with Crippen molar-refractivity contribution >= 4 is 11.8 Å². The molecule has 1 fully saturated rings. The molecule has 2 amide bonds. The maximum absolute atomic E-state index is 12.2. The van der Waals surface area contributed by atoms with E-state index in [1.54, 1.807) is 0 Å². The lowest BCUT2D eigenvalue weighted by Gasteiger charge is -2.13. The zero-order valence-corrected chi connectivity index (χ0v) is 14.0. The molecule has 2 N–H and O–H groups in total. The summed E-state index contributed by atoms with van der Waals surface area (Å²) >= 11 is 0. The SMILES string of the molecule is CN(C)c1cccc(CNC(=O)N[C@@H]2[C@@H]3Cc4ccccc4[C@@H]32)n1. The smallest absolute Gasteiger partial charge is 0.315 e. The molecular weight excluding hydrogens is 300 g/mol. The van der Waals surface area contributed by atoms with E-state index in [9.17, 15) is 4.79 Å². The van der Waals surface area contributed by atoms with Crippen molar-refractivity contribution in [3.63, 3.8) is 0 Å². The highest BCUT2D eigenvalue weighted by molar-refractivity contribution is 5.75. The van der Waals surface area contributed by atoms with Gasteiger partial charge in [0.15, 0.2) is 0 Å². The van der Waals surface area contributed by atoms with E-state index < -0.39 is 0 Å². The molecule has 5 heteroatoms. The van der Waals surface area contributed by atoms with Gasteiger partial charge in [-0.2, -0.15) is 0 Å². The second-order valence-corrected chi connectivity index (χ2v) is 6.83. The molecule has 1 saturated carbocycles. The maximum Gasteiger partial charge on any atom is 0.315 e. The third-order valence-corrected chi connectivity index (χ3v) is 5.02. The second kappa shape index (κ2) is 5.82. The van der Waals surface area contributed by atoms with Crippen LogP contribution in [0.1, 0.15) is 22.7 Å². The Kier molecular flexibility index (Phi) is 3.63. The lowest BCUT2D eigenvalue weighted by atomic mass is 10.1. The Balaban J connectivity index is 1.31. The van der Waals surface area contributed by atoms with Crippen LogP contribution in [-0.2, 0) is 13.0 Å². The third-order valence-electron chi connectivity index (χ3n) is 5.02. The van der Waals surface area contributed by atoms with E-state index in [0.29, 0.717) is 18.4 Å². The highest BCUT2D eigenvalue weighted by atomic mass is 16.2. The number of urea groups is 1. The standard InChI is InChI=1S/C19H22N4O/c1-23(2)16-9-5-7-13(21-16)11-20-19(24)22-18-15-10-12-6-3-4-8-14(12)17(15)18/h3-9,15,17-18H,10-11H2,1-2H3,(H2,20,22,24)/t15-,17+,18-/m1/s1. The topological polar surface area (TPSA) is 57.3 Å². The first-order valence-electron chi connectivity index (χ1n) is 8.39. The number of benzene rings is 1. The Labute approximate surface area is 142 Å². The number of fused-ring (bicyclic) bond motifs is 3. The zero-order chi connectivity index (χ0) is 16.7. The van der Waals surface area contributed by atoms with Crippen LogP contribution in [0.15, 0.2) is 42.5 Å². The molecule has 3 atom stereocenters. The van der Waals surface area contributed by atoms with Gasteiger partial charge in [0.1, 0.15) is 5.82 Å². The van der Waals surface area contributed by atoms with Gasteiger partial charge in [-0.15, -0.1) is 0 Å². The molecule has 0 unspecified atom stereocenters. The molecule has 2 aliphatic carbocycles. The lowest BCUT2D eigenvalue weighted by molar-refractivity contribution is 0.239. The molecular formula is C19H22N4O. The molecule has 1 aromatic carbocycles. The molecule has 0 spiro atoms. The van der Waals surface area contributed by atoms with E-state index in [1.165, 1.54) is 11.1 Å². The van der Waals surface area contributed by atoms with Gasteiger partial charge in [0, 0.05) is 26.1 Å². The van der Waals surface area contributed by atoms with Crippen LogP contribution >= 0.6 is 0 Å². The largest absolute Gasteiger partial charge is 0.363 e. The number of carbonyl (C=O) groups is 1. The predicted molar refractivity (Wildman–Crippen MR) is 94.1 cm³/mol. The summed E-state index contributed by atoms with van der Waals surface area (Å²) in [6.45, 7) is 0.437. The van der Waals surface area contributed by atoms with Crippen LogP contribution in [0.25, 0.3) is 0 Å². The number of rotatable bonds is 4. The van der Waals surface area contributed by atoms with E-state index >= 15 is 0 Å². The van der Waals surface area contributed by atoms with Crippen molar-refractivity contribution in [2.75, 3.05) is 19.0 Å². The summed E-state index contributed by atoms with van der Waals surface area (Å²) in [5.74, 6) is 1.97. The number of amides is 2. The fourth-order valence-electron chi connectivity index (χ4n) is 3.74. The average Bonchev–Trinajstić information content (AvgIpc) is 3.09. The summed E-state index contributed by atoms with van der Waals surface area (Å²) in [4.78, 5) is 18.6. The average molecular weight is 322 g/mol. The Bertz CT molecular complexity index is 773. The molecule has 0 bridgehead atoms. The lowest BCUT2D eigenvalue weighted by Crippen LogP contribution is -2.38. The van der Waals surface area contributed by atoms with Crippen LogP contribution in [0.3, 0.4) is 0 Å². The monoisotopic (exact) mass is 322 g/mol. The molecule has 4 rings (SSSR count). The number of pyridine rings is 1. The van der Waals surface area contributed by atoms with Gasteiger partial charge in [-0.25, -0.2) is 9.78 Å². The predicted octanol–water partition coefficient (Wildman–Crippen LogP) is 2.29. The highest BCUT2D eigenvalue weighted by Crippen LogP contribution is 2.56. The summed E-state index contributed by atoms with van der Waals surface area (Å²) in [7, 11) is 3.91. The fourth-order valence-corrected chi connectivity index (χ4v) is 3.74. The van der Waals surface area contributed by atoms with Crippen LogP contribution in [0.2, 0.25) is 0 Å². The van der Waals surface area contributed by atoms with Gasteiger partial charge in [-0.3, -0.25) is 0 Å². The van der Waals surface area contributed by atoms with Crippen molar-refractivity contribution in [2.24, 2.45) is 5.92 Å². The molecule has 0 aliphatic heterocycles. The number of hydrogen-bond acceptors (Lipinski definition) is 3. The first-order chi connectivity index (χ1) is 11.6. The molecule has 24 heavy (non-hydrogen) atoms. The van der Waals surface area contributed by atoms with Crippen molar-refractivity contribution in [3.05, 3.63) is 59.3 Å². The number of hydrogen-bond donors (Lipinski definition) is 2. The number of nitrogens with zero attached hydrogens (tertiary/aromatic N) is 2. The highest BCUT2D eigenvalue weighted by Gasteiger charge is 2.56. The third kappa shape index (κ3) is 2.70. The summed E-state index contributed by atoms with van der Waals surface area (Å²) in [6.07, 6.45) is 1.08. The summed E-state index contributed by atoms with van der Waals surface area (Å²) < 4.78 is 0. The second-order valence-electron chi connectivity index (χ2n) is 6.83. The Hall–Kier alpha value is -2.56. The molecule has 0 saturated heterocycles. The van der Waals surface area contributed by atoms with Crippen molar-refractivity contribution in [2.45, 2.75) is 24.9 Å². The first-order valence-corrected chi connectivity index (χ1v) is 8.39. The van der Waals surface area contributed by atoms with E-state index in [4.69, 9.17) is 0 Å². The summed E-state index contributed by atoms with van der Waals surface area (Å²) in [5, 5.41) is 6.03. The minimum absolute atomic E-state index is 0.107. The van der Waals surface area contributed by atoms with E-state index in [1.807, 2.05) is 37.2 Å². The number of anilines is 1. The van der Waals surface area contributed by atoms with E-state index in [0.717, 1.165) is 17.9 Å². The molecule has 0 radical (unpaired) electrons. The minimum atomic E-state index is -0.107. The van der Waals surface area contributed by atoms with Gasteiger partial charge in [-0.05, 0) is 35.6 Å². The molecule has 5 nitrogen and oxygen atoms in total. The van der Waals surface area contributed by atoms with Crippen molar-refractivity contribution < 1.29 is 4.79 Å². The molecule has 2 aromatic rings. The van der Waals surface area contributed by atoms with Gasteiger partial charge in [-0.1, -0.05) is 30.3 Å². The van der Waals surface area contributed by atoms with Crippen LogP contribution in [0, 0.1) is 5.92 Å². The zero-order valence-electron chi connectivity index (χ0n) is 14.0. The molecule has 2 aliphatic rings. The van der Waals surface area contributed by atoms with E-state index in [2.05, 4.69) is 39.9 Å². The number of carbonyl (C=O) groups excluding carboxylic acids is 1. The molecule has 124 valence electrons. The minimum Gasteiger partial charge on any atom is -0.363 e. The Morgan fingerprint density at radius 3 is 2.88 bits per heavy atom. The Morgan fingerprint density at radius 2 is 2.04 bits per heavy atom. The van der Waals surface area contributed by atoms with Gasteiger partial charge in [0.2, 0.25) is 0 Å². The van der Waals surface area contributed by atoms with Crippen LogP contribution in [0.4, 0.5) is 10.6 Å². The summed E-state index contributed by atoms with van der Waals surface area (Å²) in [5.41, 5.74) is 3.71. The maximum atomic E-state index is 12.2. The normalized spacial score (nSPS) is 23.2. The number of aromatic nitrogens is 1. The van der Waals surface area contributed by atoms with Crippen LogP contribution < -0.4 is 15.5 Å². The van der Waals surface area contributed by atoms with Gasteiger partial charge < -0.3 is 15.5 Å². The summed E-state index contributed by atoms with van der Waals surface area (Å²) in [6, 6.07) is 14.6. The fraction of sp³-hybridized carbons (Fsp3) is 0.368. The van der Waals surface area contributed by atoms with Crippen molar-refractivity contribution in [1.82, 2.24) is 15.6 Å².